The average molecular weight is 526 g/mol. The number of nitrogen functional groups attached to an aromatic ring is 1. The van der Waals surface area contributed by atoms with Crippen LogP contribution in [0.4, 0.5) is 20.6 Å². The fourth-order valence-electron chi connectivity index (χ4n) is 5.59. The van der Waals surface area contributed by atoms with Gasteiger partial charge in [0.25, 0.3) is 0 Å². The molecular formula is C29H36FN3O5. The second kappa shape index (κ2) is 9.67. The lowest BCUT2D eigenvalue weighted by atomic mass is 9.65. The number of ether oxygens (including phenoxy) is 3. The number of nitrogens with two attached hydrogens (primary N) is 1. The molecule has 0 radical (unpaired) electrons. The van der Waals surface area contributed by atoms with Crippen LogP contribution in [0.1, 0.15) is 57.6 Å². The molecule has 9 heteroatoms. The normalized spacial score (nSPS) is 22.2. The van der Waals surface area contributed by atoms with Crippen molar-refractivity contribution in [3.63, 3.8) is 0 Å². The monoisotopic (exact) mass is 525 g/mol. The quantitative estimate of drug-likeness (QED) is 0.554. The minimum atomic E-state index is -1.42. The van der Waals surface area contributed by atoms with E-state index in [-0.39, 0.29) is 12.5 Å². The molecule has 38 heavy (non-hydrogen) atoms. The first-order valence-electron chi connectivity index (χ1n) is 13.2. The molecule has 0 aromatic heterocycles. The fraction of sp³-hybridized carbons (Fsp3) is 0.517. The smallest absolute Gasteiger partial charge is 0.410 e. The molecule has 204 valence electrons. The minimum absolute atomic E-state index is 0.0292. The Hall–Kier alpha value is -3.49. The van der Waals surface area contributed by atoms with E-state index in [9.17, 15) is 9.59 Å². The van der Waals surface area contributed by atoms with Crippen LogP contribution in [0.5, 0.6) is 11.5 Å². The number of methoxy groups -OCH3 is 1. The van der Waals surface area contributed by atoms with Crippen molar-refractivity contribution in [3.05, 3.63) is 47.5 Å². The lowest BCUT2D eigenvalue weighted by Gasteiger charge is -2.37. The van der Waals surface area contributed by atoms with Gasteiger partial charge in [-0.1, -0.05) is 18.6 Å². The number of hydrogen-bond acceptors (Lipinski definition) is 6. The van der Waals surface area contributed by atoms with Gasteiger partial charge in [-0.25, -0.2) is 9.18 Å². The van der Waals surface area contributed by atoms with Gasteiger partial charge in [-0.15, -0.1) is 0 Å². The number of halogens is 1. The Morgan fingerprint density at radius 3 is 2.47 bits per heavy atom. The zero-order valence-electron chi connectivity index (χ0n) is 22.5. The van der Waals surface area contributed by atoms with Crippen molar-refractivity contribution >= 4 is 23.4 Å². The minimum Gasteiger partial charge on any atom is -0.497 e. The number of nitrogens with zero attached hydrogens (tertiary/aromatic N) is 2. The van der Waals surface area contributed by atoms with Crippen LogP contribution >= 0.6 is 0 Å². The highest BCUT2D eigenvalue weighted by atomic mass is 19.1. The molecule has 2 aromatic rings. The summed E-state index contributed by atoms with van der Waals surface area (Å²) in [6.45, 7) is 5.88. The molecule has 1 saturated heterocycles. The molecule has 1 aliphatic carbocycles. The highest BCUT2D eigenvalue weighted by molar-refractivity contribution is 6.10. The second-order valence-corrected chi connectivity index (χ2v) is 11.5. The molecular weight excluding hydrogens is 489 g/mol. The molecule has 2 N–H and O–H groups in total. The second-order valence-electron chi connectivity index (χ2n) is 11.5. The highest BCUT2D eigenvalue weighted by Crippen LogP contribution is 2.57. The van der Waals surface area contributed by atoms with Gasteiger partial charge < -0.3 is 29.7 Å². The first-order chi connectivity index (χ1) is 18.0. The summed E-state index contributed by atoms with van der Waals surface area (Å²) in [5.74, 6) is 1.17. The number of fused-ring (bicyclic) bond motifs is 2. The third-order valence-electron chi connectivity index (χ3n) is 7.66. The molecule has 8 nitrogen and oxygen atoms in total. The Morgan fingerprint density at radius 1 is 1.18 bits per heavy atom. The van der Waals surface area contributed by atoms with Crippen LogP contribution in [-0.2, 0) is 21.5 Å². The van der Waals surface area contributed by atoms with Crippen LogP contribution in [0.3, 0.4) is 0 Å². The topological polar surface area (TPSA) is 94.3 Å². The predicted molar refractivity (Wildman–Crippen MR) is 142 cm³/mol. The molecule has 2 aromatic carbocycles. The Morgan fingerprint density at radius 2 is 1.89 bits per heavy atom. The number of carbonyl (C=O) groups excluding carboxylic acids is 2. The first kappa shape index (κ1) is 26.1. The van der Waals surface area contributed by atoms with Crippen LogP contribution in [0.15, 0.2) is 36.4 Å². The number of likely N-dealkylation sites (tertiary alicyclic amines) is 1. The van der Waals surface area contributed by atoms with Gasteiger partial charge in [-0.3, -0.25) is 4.79 Å². The summed E-state index contributed by atoms with van der Waals surface area (Å²) >= 11 is 0. The third-order valence-corrected chi connectivity index (χ3v) is 7.66. The van der Waals surface area contributed by atoms with Crippen LogP contribution in [0.2, 0.25) is 0 Å². The molecule has 5 rings (SSSR count). The standard InChI is InChI=1S/C29H36FN3O5/c1-28(2,3)38-27(35)32-13-10-23(22(30)17-32)37-24-15-19(31)14-21-25(24)33(26(34)29(21)11-5-12-29)16-18-6-8-20(36-4)9-7-18/h6-9,14-15,22-23H,5,10-13,16-17,31H2,1-4H3. The summed E-state index contributed by atoms with van der Waals surface area (Å²) < 4.78 is 32.3. The van der Waals surface area contributed by atoms with Crippen molar-refractivity contribution in [2.75, 3.05) is 30.8 Å². The summed E-state index contributed by atoms with van der Waals surface area (Å²) in [5, 5.41) is 0. The molecule has 2 fully saturated rings. The van der Waals surface area contributed by atoms with Gasteiger partial charge in [-0.2, -0.15) is 0 Å². The maximum atomic E-state index is 15.4. The van der Waals surface area contributed by atoms with Crippen molar-refractivity contribution in [2.45, 2.75) is 76.3 Å². The number of amides is 2. The molecule has 2 heterocycles. The maximum Gasteiger partial charge on any atom is 0.410 e. The van der Waals surface area contributed by atoms with E-state index in [0.717, 1.165) is 36.1 Å². The molecule has 2 aliphatic heterocycles. The van der Waals surface area contributed by atoms with Crippen LogP contribution in [-0.4, -0.2) is 55.0 Å². The number of hydrogen-bond donors (Lipinski definition) is 1. The zero-order chi connectivity index (χ0) is 27.2. The summed E-state index contributed by atoms with van der Waals surface area (Å²) in [4.78, 5) is 29.4. The lowest BCUT2D eigenvalue weighted by molar-refractivity contribution is -0.126. The SMILES string of the molecule is COc1ccc(CN2C(=O)C3(CCC3)c3cc(N)cc(OC4CCN(C(=O)OC(C)(C)C)CC4F)c32)cc1. The number of anilines is 2. The van der Waals surface area contributed by atoms with Gasteiger partial charge in [0.05, 0.1) is 31.3 Å². The van der Waals surface area contributed by atoms with Gasteiger partial charge in [0, 0.05) is 24.7 Å². The molecule has 2 unspecified atom stereocenters. The van der Waals surface area contributed by atoms with Crippen molar-refractivity contribution in [1.82, 2.24) is 4.90 Å². The number of benzene rings is 2. The third kappa shape index (κ3) is 4.74. The summed E-state index contributed by atoms with van der Waals surface area (Å²) in [7, 11) is 1.61. The van der Waals surface area contributed by atoms with E-state index >= 15 is 4.39 Å². The van der Waals surface area contributed by atoms with Gasteiger partial charge in [-0.05, 0) is 62.9 Å². The van der Waals surface area contributed by atoms with E-state index in [4.69, 9.17) is 19.9 Å². The molecule has 2 amide bonds. The number of carbonyl (C=O) groups is 2. The molecule has 2 atom stereocenters. The summed E-state index contributed by atoms with van der Waals surface area (Å²) in [5.41, 5.74) is 7.97. The lowest BCUT2D eigenvalue weighted by Crippen LogP contribution is -2.50. The largest absolute Gasteiger partial charge is 0.497 e. The van der Waals surface area contributed by atoms with E-state index in [2.05, 4.69) is 0 Å². The number of alkyl halides is 1. The summed E-state index contributed by atoms with van der Waals surface area (Å²) in [6, 6.07) is 11.1. The van der Waals surface area contributed by atoms with Crippen molar-refractivity contribution in [3.8, 4) is 11.5 Å². The van der Waals surface area contributed by atoms with Crippen molar-refractivity contribution < 1.29 is 28.2 Å². The van der Waals surface area contributed by atoms with Crippen LogP contribution < -0.4 is 20.1 Å². The zero-order valence-corrected chi connectivity index (χ0v) is 22.5. The summed E-state index contributed by atoms with van der Waals surface area (Å²) in [6.07, 6.45) is 0.0196. The molecule has 1 spiro atoms. The molecule has 3 aliphatic rings. The van der Waals surface area contributed by atoms with Crippen molar-refractivity contribution in [2.24, 2.45) is 0 Å². The van der Waals surface area contributed by atoms with Gasteiger partial charge in [0.1, 0.15) is 23.2 Å². The van der Waals surface area contributed by atoms with E-state index < -0.39 is 29.4 Å². The first-order valence-corrected chi connectivity index (χ1v) is 13.2. The highest BCUT2D eigenvalue weighted by Gasteiger charge is 2.55. The number of piperidine rings is 1. The Balaban J connectivity index is 1.41. The van der Waals surface area contributed by atoms with E-state index in [1.165, 1.54) is 4.90 Å². The van der Waals surface area contributed by atoms with E-state index in [1.807, 2.05) is 30.3 Å². The fourth-order valence-corrected chi connectivity index (χ4v) is 5.59. The maximum absolute atomic E-state index is 15.4. The molecule has 1 saturated carbocycles. The van der Waals surface area contributed by atoms with Crippen molar-refractivity contribution in [1.29, 1.82) is 0 Å². The van der Waals surface area contributed by atoms with Crippen LogP contribution in [0.25, 0.3) is 0 Å². The van der Waals surface area contributed by atoms with Gasteiger partial charge in [0.2, 0.25) is 5.91 Å². The number of rotatable bonds is 5. The Labute approximate surface area is 222 Å². The molecule has 0 bridgehead atoms. The Kier molecular flexibility index (Phi) is 6.65. The van der Waals surface area contributed by atoms with Gasteiger partial charge in [0.15, 0.2) is 6.17 Å². The van der Waals surface area contributed by atoms with Crippen LogP contribution in [0, 0.1) is 0 Å². The average Bonchev–Trinajstić information content (AvgIpc) is 3.07. The Bertz CT molecular complexity index is 1220. The van der Waals surface area contributed by atoms with Gasteiger partial charge >= 0.3 is 6.09 Å². The van der Waals surface area contributed by atoms with E-state index in [1.54, 1.807) is 38.8 Å². The van der Waals surface area contributed by atoms with E-state index in [0.29, 0.717) is 36.6 Å². The predicted octanol–water partition coefficient (Wildman–Crippen LogP) is 4.97.